The van der Waals surface area contributed by atoms with E-state index in [2.05, 4.69) is 204 Å². The van der Waals surface area contributed by atoms with Crippen LogP contribution in [0.25, 0.3) is 36.9 Å². The molecule has 56 heavy (non-hydrogen) atoms. The van der Waals surface area contributed by atoms with E-state index < -0.39 is 0 Å². The normalized spacial score (nSPS) is 22.6. The highest BCUT2D eigenvalue weighted by atomic mass is 32.1. The summed E-state index contributed by atoms with van der Waals surface area (Å²) in [4.78, 5) is 7.96. The third-order valence-corrected chi connectivity index (χ3v) is 13.0. The van der Waals surface area contributed by atoms with Crippen molar-refractivity contribution < 1.29 is 0 Å². The van der Waals surface area contributed by atoms with Crippen LogP contribution in [-0.2, 0) is 0 Å². The van der Waals surface area contributed by atoms with Crippen molar-refractivity contribution in [2.24, 2.45) is 10.9 Å². The van der Waals surface area contributed by atoms with E-state index in [0.717, 1.165) is 23.4 Å². The quantitative estimate of drug-likeness (QED) is 0.178. The number of allylic oxidation sites excluding steroid dienone is 4. The minimum atomic E-state index is -0.235. The zero-order valence-electron chi connectivity index (χ0n) is 30.8. The third kappa shape index (κ3) is 5.83. The molecule has 0 saturated carbocycles. The van der Waals surface area contributed by atoms with Crippen LogP contribution in [0.5, 0.6) is 0 Å². The lowest BCUT2D eigenvalue weighted by molar-refractivity contribution is 0.409. The Morgan fingerprint density at radius 1 is 0.607 bits per heavy atom. The molecule has 4 nitrogen and oxygen atoms in total. The van der Waals surface area contributed by atoms with Crippen molar-refractivity contribution in [2.45, 2.75) is 30.8 Å². The summed E-state index contributed by atoms with van der Waals surface area (Å²) in [6.07, 6.45) is 14.8. The van der Waals surface area contributed by atoms with Crippen molar-refractivity contribution >= 4 is 48.6 Å². The van der Waals surface area contributed by atoms with Gasteiger partial charge in [0.15, 0.2) is 0 Å². The van der Waals surface area contributed by atoms with E-state index in [9.17, 15) is 0 Å². The highest BCUT2D eigenvalue weighted by Gasteiger charge is 2.44. The first-order chi connectivity index (χ1) is 27.7. The van der Waals surface area contributed by atoms with Gasteiger partial charge in [0.25, 0.3) is 0 Å². The number of nitrogens with one attached hydrogen (secondary N) is 2. The molecular formula is C51H40N4S. The van der Waals surface area contributed by atoms with Crippen molar-refractivity contribution in [1.82, 2.24) is 10.6 Å². The maximum atomic E-state index is 5.30. The molecule has 270 valence electrons. The van der Waals surface area contributed by atoms with Crippen LogP contribution >= 0.6 is 11.3 Å². The molecule has 1 fully saturated rings. The molecule has 2 aliphatic heterocycles. The van der Waals surface area contributed by atoms with Crippen molar-refractivity contribution in [1.29, 1.82) is 0 Å². The molecular weight excluding hydrogens is 701 g/mol. The summed E-state index contributed by atoms with van der Waals surface area (Å²) >= 11 is 1.88. The Balaban J connectivity index is 0.920. The largest absolute Gasteiger partial charge is 0.357 e. The van der Waals surface area contributed by atoms with E-state index in [1.807, 2.05) is 11.3 Å². The Morgan fingerprint density at radius 2 is 1.34 bits per heavy atom. The van der Waals surface area contributed by atoms with Crippen LogP contribution in [-0.4, -0.2) is 17.9 Å². The van der Waals surface area contributed by atoms with Gasteiger partial charge in [0.05, 0.1) is 12.1 Å². The lowest BCUT2D eigenvalue weighted by Gasteiger charge is -2.35. The summed E-state index contributed by atoms with van der Waals surface area (Å²) in [7, 11) is 0. The highest BCUT2D eigenvalue weighted by molar-refractivity contribution is 7.25. The number of benzene rings is 6. The Morgan fingerprint density at radius 3 is 2.20 bits per heavy atom. The van der Waals surface area contributed by atoms with Gasteiger partial charge in [0, 0.05) is 37.3 Å². The van der Waals surface area contributed by atoms with E-state index >= 15 is 0 Å². The van der Waals surface area contributed by atoms with Crippen LogP contribution in [0.3, 0.4) is 0 Å². The van der Waals surface area contributed by atoms with Gasteiger partial charge < -0.3 is 10.2 Å². The fraction of sp³-hybridized carbons (Fsp3) is 0.118. The van der Waals surface area contributed by atoms with Gasteiger partial charge in [-0.1, -0.05) is 158 Å². The van der Waals surface area contributed by atoms with Gasteiger partial charge in [0.2, 0.25) is 0 Å². The molecule has 0 bridgehead atoms. The van der Waals surface area contributed by atoms with Gasteiger partial charge in [-0.05, 0) is 75.7 Å². The molecule has 1 aromatic heterocycles. The van der Waals surface area contributed by atoms with Gasteiger partial charge >= 0.3 is 0 Å². The Kier molecular flexibility index (Phi) is 8.15. The smallest absolute Gasteiger partial charge is 0.131 e. The molecule has 6 aromatic carbocycles. The van der Waals surface area contributed by atoms with E-state index in [4.69, 9.17) is 4.99 Å². The predicted molar refractivity (Wildman–Crippen MR) is 235 cm³/mol. The average Bonchev–Trinajstić information content (AvgIpc) is 3.82. The number of anilines is 1. The van der Waals surface area contributed by atoms with Crippen LogP contribution < -0.4 is 15.5 Å². The Hall–Kier alpha value is -6.27. The summed E-state index contributed by atoms with van der Waals surface area (Å²) in [6.45, 7) is 0. The number of rotatable bonds is 6. The minimum absolute atomic E-state index is 0.119. The van der Waals surface area contributed by atoms with E-state index in [0.29, 0.717) is 5.92 Å². The molecule has 5 heteroatoms. The minimum Gasteiger partial charge on any atom is -0.357 e. The first-order valence-corrected chi connectivity index (χ1v) is 20.4. The average molecular weight is 741 g/mol. The van der Waals surface area contributed by atoms with Gasteiger partial charge in [-0.2, -0.15) is 0 Å². The van der Waals surface area contributed by atoms with Gasteiger partial charge in [0.1, 0.15) is 18.2 Å². The predicted octanol–water partition coefficient (Wildman–Crippen LogP) is 11.8. The van der Waals surface area contributed by atoms with Gasteiger partial charge in [-0.15, -0.1) is 11.3 Å². The lowest BCUT2D eigenvalue weighted by Crippen LogP contribution is -2.45. The first kappa shape index (κ1) is 33.1. The molecule has 5 atom stereocenters. The second-order valence-corrected chi connectivity index (χ2v) is 16.2. The SMILES string of the molecule is C1=CC2C3=CC(c4ccc5sc6ccccc6c5c4)=CCC3N(c3cccc(C4N=C(c5ccccc5)NC(c5ccc(-c6ccccc6)cc5)N4)c3)C2C=C1. The third-order valence-electron chi connectivity index (χ3n) is 11.9. The topological polar surface area (TPSA) is 39.7 Å². The number of thiophene rings is 1. The van der Waals surface area contributed by atoms with Crippen LogP contribution in [0.1, 0.15) is 41.0 Å². The Bertz CT molecular complexity index is 2760. The lowest BCUT2D eigenvalue weighted by atomic mass is 9.84. The van der Waals surface area contributed by atoms with Crippen molar-refractivity contribution in [3.05, 3.63) is 216 Å². The summed E-state index contributed by atoms with van der Waals surface area (Å²) in [5.41, 5.74) is 11.2. The number of aliphatic imine (C=N–C) groups is 1. The number of hydrogen-bond donors (Lipinski definition) is 2. The van der Waals surface area contributed by atoms with Crippen molar-refractivity contribution in [2.75, 3.05) is 4.90 Å². The molecule has 0 amide bonds. The Labute approximate surface area is 331 Å². The molecule has 5 unspecified atom stereocenters. The summed E-state index contributed by atoms with van der Waals surface area (Å²) < 4.78 is 2.70. The summed E-state index contributed by atoms with van der Waals surface area (Å²) in [5.74, 6) is 1.22. The molecule has 1 saturated heterocycles. The second kappa shape index (κ2) is 13.8. The fourth-order valence-electron chi connectivity index (χ4n) is 9.14. The summed E-state index contributed by atoms with van der Waals surface area (Å²) in [6, 6.07) is 55.3. The number of amidine groups is 1. The number of hydrogen-bond acceptors (Lipinski definition) is 5. The molecule has 7 aromatic rings. The maximum Gasteiger partial charge on any atom is 0.131 e. The van der Waals surface area contributed by atoms with E-state index in [1.165, 1.54) is 59.3 Å². The molecule has 4 aliphatic rings. The van der Waals surface area contributed by atoms with Crippen LogP contribution in [0.15, 0.2) is 199 Å². The summed E-state index contributed by atoms with van der Waals surface area (Å²) in [5, 5.41) is 10.3. The van der Waals surface area contributed by atoms with Crippen LogP contribution in [0.2, 0.25) is 0 Å². The van der Waals surface area contributed by atoms with Crippen molar-refractivity contribution in [3.63, 3.8) is 0 Å². The molecule has 11 rings (SSSR count). The second-order valence-electron chi connectivity index (χ2n) is 15.1. The molecule has 0 radical (unpaired) electrons. The standard InChI is InChI=1S/C51H40N4S/c1-3-12-33(13-4-1)34-22-24-36(25-23-34)50-52-49(35-14-5-2-6-15-35)53-51(54-50)39-16-11-17-40(30-39)55-45-20-9-7-18-41(45)43-31-37(26-28-46(43)55)38-27-29-48-44(32-38)42-19-8-10-21-47(42)56-48/h1-27,29-32,41,45-46,50-51,54H,28H2,(H,52,53). The molecule has 2 aliphatic carbocycles. The van der Waals surface area contributed by atoms with Crippen LogP contribution in [0, 0.1) is 5.92 Å². The van der Waals surface area contributed by atoms with Crippen molar-refractivity contribution in [3.8, 4) is 11.1 Å². The maximum absolute atomic E-state index is 5.30. The van der Waals surface area contributed by atoms with E-state index in [1.54, 1.807) is 0 Å². The zero-order valence-corrected chi connectivity index (χ0v) is 31.6. The highest BCUT2D eigenvalue weighted by Crippen LogP contribution is 2.47. The number of fused-ring (bicyclic) bond motifs is 6. The first-order valence-electron chi connectivity index (χ1n) is 19.6. The fourth-order valence-corrected chi connectivity index (χ4v) is 10.2. The van der Waals surface area contributed by atoms with Gasteiger partial charge in [-0.3, -0.25) is 5.32 Å². The monoisotopic (exact) mass is 740 g/mol. The number of nitrogens with zero attached hydrogens (tertiary/aromatic N) is 2. The zero-order chi connectivity index (χ0) is 37.0. The van der Waals surface area contributed by atoms with Crippen LogP contribution in [0.4, 0.5) is 5.69 Å². The van der Waals surface area contributed by atoms with Gasteiger partial charge in [-0.25, -0.2) is 4.99 Å². The molecule has 3 heterocycles. The van der Waals surface area contributed by atoms with E-state index in [-0.39, 0.29) is 24.4 Å². The molecule has 2 N–H and O–H groups in total. The molecule has 0 spiro atoms.